The molecule has 0 fully saturated rings. The van der Waals surface area contributed by atoms with E-state index in [1.807, 2.05) is 0 Å². The van der Waals surface area contributed by atoms with Crippen LogP contribution >= 0.6 is 15.9 Å². The number of hydrogen-bond donors (Lipinski definition) is 0. The maximum absolute atomic E-state index is 13.1. The molecule has 0 aliphatic carbocycles. The van der Waals surface area contributed by atoms with Gasteiger partial charge in [0.15, 0.2) is 0 Å². The topological polar surface area (TPSA) is 9.23 Å². The first-order valence-corrected chi connectivity index (χ1v) is 4.78. The highest BCUT2D eigenvalue weighted by Gasteiger charge is 2.02. The van der Waals surface area contributed by atoms with Gasteiger partial charge in [-0.15, -0.1) is 0 Å². The average Bonchev–Trinajstić information content (AvgIpc) is 2.09. The molecule has 0 aromatic heterocycles. The monoisotopic (exact) mass is 232 g/mol. The largest absolute Gasteiger partial charge is 0.497 e. The molecule has 1 rings (SSSR count). The van der Waals surface area contributed by atoms with Crippen molar-refractivity contribution in [3.63, 3.8) is 0 Å². The Morgan fingerprint density at radius 2 is 2.25 bits per heavy atom. The third-order valence-corrected chi connectivity index (χ3v) is 2.02. The molecular weight excluding hydrogens is 223 g/mol. The van der Waals surface area contributed by atoms with Crippen molar-refractivity contribution in [3.8, 4) is 5.75 Å². The molecule has 0 unspecified atom stereocenters. The summed E-state index contributed by atoms with van der Waals surface area (Å²) in [6.07, 6.45) is 0.704. The van der Waals surface area contributed by atoms with E-state index in [-0.39, 0.29) is 5.82 Å². The second-order valence-corrected chi connectivity index (χ2v) is 3.19. The Hall–Kier alpha value is -0.570. The molecule has 0 saturated heterocycles. The second-order valence-electron chi connectivity index (χ2n) is 2.40. The van der Waals surface area contributed by atoms with Crippen molar-refractivity contribution in [1.29, 1.82) is 0 Å². The Bertz CT molecular complexity index is 263. The van der Waals surface area contributed by atoms with Crippen LogP contribution in [0.2, 0.25) is 0 Å². The molecule has 0 heterocycles. The minimum atomic E-state index is -0.200. The minimum Gasteiger partial charge on any atom is -0.497 e. The SMILES string of the molecule is COc1ccc(CCBr)c(F)c1. The van der Waals surface area contributed by atoms with Crippen LogP contribution in [0, 0.1) is 5.82 Å². The molecule has 0 spiro atoms. The maximum Gasteiger partial charge on any atom is 0.130 e. The van der Waals surface area contributed by atoms with Crippen LogP contribution in [-0.4, -0.2) is 12.4 Å². The smallest absolute Gasteiger partial charge is 0.130 e. The first-order valence-electron chi connectivity index (χ1n) is 3.66. The summed E-state index contributed by atoms with van der Waals surface area (Å²) in [5.74, 6) is 0.361. The lowest BCUT2D eigenvalue weighted by Crippen LogP contribution is -1.92. The molecule has 1 aromatic carbocycles. The van der Waals surface area contributed by atoms with Gasteiger partial charge in [0.05, 0.1) is 7.11 Å². The average molecular weight is 233 g/mol. The van der Waals surface area contributed by atoms with E-state index in [0.717, 1.165) is 5.33 Å². The second kappa shape index (κ2) is 4.45. The van der Waals surface area contributed by atoms with Crippen LogP contribution in [0.1, 0.15) is 5.56 Å². The van der Waals surface area contributed by atoms with Crippen molar-refractivity contribution in [2.24, 2.45) is 0 Å². The zero-order chi connectivity index (χ0) is 8.97. The van der Waals surface area contributed by atoms with E-state index in [2.05, 4.69) is 15.9 Å². The molecule has 0 aliphatic rings. The highest BCUT2D eigenvalue weighted by Crippen LogP contribution is 2.16. The van der Waals surface area contributed by atoms with Gasteiger partial charge in [0.1, 0.15) is 11.6 Å². The molecule has 66 valence electrons. The first-order chi connectivity index (χ1) is 5.77. The molecule has 0 bridgehead atoms. The van der Waals surface area contributed by atoms with Gasteiger partial charge in [0.2, 0.25) is 0 Å². The number of halogens is 2. The Balaban J connectivity index is 2.87. The summed E-state index contributed by atoms with van der Waals surface area (Å²) in [6.45, 7) is 0. The van der Waals surface area contributed by atoms with Crippen molar-refractivity contribution in [2.45, 2.75) is 6.42 Å². The van der Waals surface area contributed by atoms with Gasteiger partial charge >= 0.3 is 0 Å². The van der Waals surface area contributed by atoms with Crippen LogP contribution in [0.3, 0.4) is 0 Å². The molecule has 0 saturated carbocycles. The predicted molar refractivity (Wildman–Crippen MR) is 50.5 cm³/mol. The van der Waals surface area contributed by atoms with E-state index in [1.165, 1.54) is 13.2 Å². The molecule has 0 N–H and O–H groups in total. The summed E-state index contributed by atoms with van der Waals surface area (Å²) in [5, 5.41) is 0.774. The summed E-state index contributed by atoms with van der Waals surface area (Å²) in [4.78, 5) is 0. The molecule has 1 aromatic rings. The zero-order valence-electron chi connectivity index (χ0n) is 6.81. The quantitative estimate of drug-likeness (QED) is 0.729. The summed E-state index contributed by atoms with van der Waals surface area (Å²) in [6, 6.07) is 4.91. The van der Waals surface area contributed by atoms with Gasteiger partial charge in [0, 0.05) is 11.4 Å². The van der Waals surface area contributed by atoms with Gasteiger partial charge in [-0.05, 0) is 18.1 Å². The lowest BCUT2D eigenvalue weighted by Gasteiger charge is -2.03. The van der Waals surface area contributed by atoms with Gasteiger partial charge in [0.25, 0.3) is 0 Å². The number of hydrogen-bond acceptors (Lipinski definition) is 1. The van der Waals surface area contributed by atoms with Crippen molar-refractivity contribution in [1.82, 2.24) is 0 Å². The van der Waals surface area contributed by atoms with Crippen LogP contribution in [0.5, 0.6) is 5.75 Å². The molecule has 1 nitrogen and oxygen atoms in total. The third-order valence-electron chi connectivity index (χ3n) is 1.62. The summed E-state index contributed by atoms with van der Waals surface area (Å²) < 4.78 is 18.0. The third kappa shape index (κ3) is 2.21. The van der Waals surface area contributed by atoms with Crippen LogP contribution < -0.4 is 4.74 Å². The number of rotatable bonds is 3. The van der Waals surface area contributed by atoms with Crippen molar-refractivity contribution < 1.29 is 9.13 Å². The van der Waals surface area contributed by atoms with Crippen LogP contribution in [0.4, 0.5) is 4.39 Å². The molecule has 0 atom stereocenters. The van der Waals surface area contributed by atoms with E-state index in [1.54, 1.807) is 12.1 Å². The number of benzene rings is 1. The van der Waals surface area contributed by atoms with Gasteiger partial charge in [-0.2, -0.15) is 0 Å². The van der Waals surface area contributed by atoms with Crippen molar-refractivity contribution in [3.05, 3.63) is 29.6 Å². The molecule has 3 heteroatoms. The first kappa shape index (κ1) is 9.52. The number of alkyl halides is 1. The van der Waals surface area contributed by atoms with E-state index >= 15 is 0 Å². The molecular formula is C9H10BrFO. The number of ether oxygens (including phenoxy) is 1. The number of methoxy groups -OCH3 is 1. The zero-order valence-corrected chi connectivity index (χ0v) is 8.40. The van der Waals surface area contributed by atoms with Gasteiger partial charge in [-0.1, -0.05) is 22.0 Å². The van der Waals surface area contributed by atoms with Crippen molar-refractivity contribution in [2.75, 3.05) is 12.4 Å². The van der Waals surface area contributed by atoms with E-state index in [9.17, 15) is 4.39 Å². The fraction of sp³-hybridized carbons (Fsp3) is 0.333. The fourth-order valence-corrected chi connectivity index (χ4v) is 1.39. The highest BCUT2D eigenvalue weighted by atomic mass is 79.9. The molecule has 0 aliphatic heterocycles. The Morgan fingerprint density at radius 1 is 1.50 bits per heavy atom. The predicted octanol–water partition coefficient (Wildman–Crippen LogP) is 2.77. The maximum atomic E-state index is 13.1. The molecule has 0 radical (unpaired) electrons. The van der Waals surface area contributed by atoms with Crippen molar-refractivity contribution >= 4 is 15.9 Å². The fourth-order valence-electron chi connectivity index (χ4n) is 0.960. The van der Waals surface area contributed by atoms with E-state index < -0.39 is 0 Å². The summed E-state index contributed by atoms with van der Waals surface area (Å²) in [5.41, 5.74) is 0.715. The highest BCUT2D eigenvalue weighted by molar-refractivity contribution is 9.09. The van der Waals surface area contributed by atoms with Crippen LogP contribution in [0.15, 0.2) is 18.2 Å². The Morgan fingerprint density at radius 3 is 2.75 bits per heavy atom. The summed E-state index contributed by atoms with van der Waals surface area (Å²) in [7, 11) is 1.53. The number of aryl methyl sites for hydroxylation is 1. The van der Waals surface area contributed by atoms with E-state index in [4.69, 9.17) is 4.74 Å². The normalized spacial score (nSPS) is 9.92. The minimum absolute atomic E-state index is 0.200. The van der Waals surface area contributed by atoms with Gasteiger partial charge in [-0.25, -0.2) is 4.39 Å². The molecule has 12 heavy (non-hydrogen) atoms. The lowest BCUT2D eigenvalue weighted by atomic mass is 10.1. The van der Waals surface area contributed by atoms with E-state index in [0.29, 0.717) is 17.7 Å². The standard InChI is InChI=1S/C9H10BrFO/c1-12-8-3-2-7(4-5-10)9(11)6-8/h2-3,6H,4-5H2,1H3. The lowest BCUT2D eigenvalue weighted by molar-refractivity contribution is 0.411. The van der Waals surface area contributed by atoms with Crippen LogP contribution in [-0.2, 0) is 6.42 Å². The Kier molecular flexibility index (Phi) is 3.53. The van der Waals surface area contributed by atoms with Crippen LogP contribution in [0.25, 0.3) is 0 Å². The molecule has 0 amide bonds. The Labute approximate surface area is 79.7 Å². The summed E-state index contributed by atoms with van der Waals surface area (Å²) >= 11 is 3.26. The van der Waals surface area contributed by atoms with Gasteiger partial charge < -0.3 is 4.74 Å². The van der Waals surface area contributed by atoms with Gasteiger partial charge in [-0.3, -0.25) is 0 Å².